The standard InChI is InChI=1S/C22H31N3O5S2/c26-20-5-3-16(4-6-20)24-8-7-23(32(28,29)22-2-1-9-31-22)12-19(24)13-25-17-10-21(27)11-18(25)15-30-14-17/h1,3-6,9,17-19,21-22,26-27H,2,7-8,10-15H2/t17-,18+,19-,21?,22?/m1/s1. The van der Waals surface area contributed by atoms with Gasteiger partial charge in [0.05, 0.1) is 25.4 Å². The van der Waals surface area contributed by atoms with Gasteiger partial charge in [-0.05, 0) is 48.9 Å². The van der Waals surface area contributed by atoms with Crippen molar-refractivity contribution in [2.75, 3.05) is 44.3 Å². The van der Waals surface area contributed by atoms with Crippen molar-refractivity contribution in [2.45, 2.75) is 48.1 Å². The highest BCUT2D eigenvalue weighted by molar-refractivity contribution is 8.14. The zero-order valence-electron chi connectivity index (χ0n) is 18.0. The summed E-state index contributed by atoms with van der Waals surface area (Å²) in [5, 5.41) is 21.9. The van der Waals surface area contributed by atoms with Crippen molar-refractivity contribution in [2.24, 2.45) is 0 Å². The maximum atomic E-state index is 13.3. The number of phenolic OH excluding ortho intramolecular Hbond substituents is 1. The van der Waals surface area contributed by atoms with Crippen LogP contribution in [0, 0.1) is 0 Å². The Labute approximate surface area is 193 Å². The van der Waals surface area contributed by atoms with E-state index in [4.69, 9.17) is 4.74 Å². The molecule has 2 unspecified atom stereocenters. The van der Waals surface area contributed by atoms with Crippen LogP contribution in [-0.2, 0) is 14.8 Å². The van der Waals surface area contributed by atoms with Crippen LogP contribution in [0.15, 0.2) is 35.7 Å². The van der Waals surface area contributed by atoms with Crippen LogP contribution >= 0.6 is 11.8 Å². The molecule has 0 saturated carbocycles. The van der Waals surface area contributed by atoms with Crippen molar-refractivity contribution in [3.63, 3.8) is 0 Å². The van der Waals surface area contributed by atoms with E-state index in [1.807, 2.05) is 23.6 Å². The van der Waals surface area contributed by atoms with Gasteiger partial charge in [-0.3, -0.25) is 4.90 Å². The summed E-state index contributed by atoms with van der Waals surface area (Å²) in [5.41, 5.74) is 0.986. The van der Waals surface area contributed by atoms with Crippen LogP contribution in [0.5, 0.6) is 5.75 Å². The highest BCUT2D eigenvalue weighted by Crippen LogP contribution is 2.34. The average molecular weight is 482 g/mol. The molecule has 5 rings (SSSR count). The van der Waals surface area contributed by atoms with Gasteiger partial charge in [0, 0.05) is 44.0 Å². The maximum absolute atomic E-state index is 13.3. The fourth-order valence-electron chi connectivity index (χ4n) is 5.42. The van der Waals surface area contributed by atoms with Crippen LogP contribution in [-0.4, -0.2) is 96.0 Å². The molecule has 0 radical (unpaired) electrons. The number of ether oxygens (including phenoxy) is 1. The predicted octanol–water partition coefficient (Wildman–Crippen LogP) is 1.41. The number of aliphatic hydroxyl groups excluding tert-OH is 1. The summed E-state index contributed by atoms with van der Waals surface area (Å²) in [7, 11) is -3.39. The zero-order valence-corrected chi connectivity index (χ0v) is 19.6. The molecule has 2 N–H and O–H groups in total. The molecular weight excluding hydrogens is 450 g/mol. The van der Waals surface area contributed by atoms with E-state index in [1.165, 1.54) is 11.8 Å². The monoisotopic (exact) mass is 481 g/mol. The first-order valence-corrected chi connectivity index (χ1v) is 13.7. The lowest BCUT2D eigenvalue weighted by Crippen LogP contribution is -2.64. The van der Waals surface area contributed by atoms with Crippen LogP contribution in [0.1, 0.15) is 19.3 Å². The molecular formula is C22H31N3O5S2. The van der Waals surface area contributed by atoms with E-state index in [0.717, 1.165) is 5.69 Å². The van der Waals surface area contributed by atoms with E-state index in [0.29, 0.717) is 58.7 Å². The van der Waals surface area contributed by atoms with Crippen LogP contribution in [0.25, 0.3) is 0 Å². The van der Waals surface area contributed by atoms with Gasteiger partial charge >= 0.3 is 0 Å². The third-order valence-corrected chi connectivity index (χ3v) is 10.9. The number of hydrogen-bond acceptors (Lipinski definition) is 8. The van der Waals surface area contributed by atoms with E-state index in [1.54, 1.807) is 16.4 Å². The Kier molecular flexibility index (Phi) is 6.43. The third-order valence-electron chi connectivity index (χ3n) is 7.04. The van der Waals surface area contributed by atoms with E-state index < -0.39 is 14.6 Å². The Morgan fingerprint density at radius 1 is 1.09 bits per heavy atom. The molecule has 176 valence electrons. The topological polar surface area (TPSA) is 93.6 Å². The lowest BCUT2D eigenvalue weighted by Gasteiger charge is -2.51. The second kappa shape index (κ2) is 9.15. The van der Waals surface area contributed by atoms with Gasteiger partial charge in [0.1, 0.15) is 10.3 Å². The number of hydrogen-bond donors (Lipinski definition) is 2. The number of sulfonamides is 1. The summed E-state index contributed by atoms with van der Waals surface area (Å²) in [6.45, 7) is 3.40. The van der Waals surface area contributed by atoms with Crippen LogP contribution < -0.4 is 4.90 Å². The van der Waals surface area contributed by atoms with Gasteiger partial charge in [0.25, 0.3) is 0 Å². The highest BCUT2D eigenvalue weighted by atomic mass is 32.3. The number of phenols is 1. The fraction of sp³-hybridized carbons (Fsp3) is 0.636. The Hall–Kier alpha value is -1.30. The summed E-state index contributed by atoms with van der Waals surface area (Å²) in [5.74, 6) is 0.217. The summed E-state index contributed by atoms with van der Waals surface area (Å²) >= 11 is 1.39. The number of anilines is 1. The Balaban J connectivity index is 1.39. The number of fused-ring (bicyclic) bond motifs is 2. The number of morpholine rings is 1. The first-order valence-electron chi connectivity index (χ1n) is 11.3. The van der Waals surface area contributed by atoms with Crippen LogP contribution in [0.3, 0.4) is 0 Å². The summed E-state index contributed by atoms with van der Waals surface area (Å²) < 4.78 is 33.6. The average Bonchev–Trinajstić information content (AvgIpc) is 3.31. The van der Waals surface area contributed by atoms with Crippen molar-refractivity contribution >= 4 is 27.5 Å². The van der Waals surface area contributed by atoms with Gasteiger partial charge in [-0.15, -0.1) is 11.8 Å². The minimum absolute atomic E-state index is 0.0271. The SMILES string of the molecule is O=S(=O)(C1CC=CS1)N1CCN(c2ccc(O)cc2)[C@@H](CN2[C@@H]3COC[C@H]2CC(O)C3)C1. The zero-order chi connectivity index (χ0) is 22.3. The quantitative estimate of drug-likeness (QED) is 0.652. The Morgan fingerprint density at radius 2 is 1.81 bits per heavy atom. The molecule has 0 amide bonds. The molecule has 5 atom stereocenters. The number of thioether (sulfide) groups is 1. The number of rotatable bonds is 5. The number of piperidine rings is 1. The van der Waals surface area contributed by atoms with Crippen LogP contribution in [0.4, 0.5) is 5.69 Å². The Bertz CT molecular complexity index is 919. The Morgan fingerprint density at radius 3 is 2.47 bits per heavy atom. The lowest BCUT2D eigenvalue weighted by molar-refractivity contribution is -0.107. The number of nitrogens with zero attached hydrogens (tertiary/aromatic N) is 3. The first-order chi connectivity index (χ1) is 15.4. The largest absolute Gasteiger partial charge is 0.508 e. The summed E-state index contributed by atoms with van der Waals surface area (Å²) in [6, 6.07) is 7.43. The van der Waals surface area contributed by atoms with E-state index in [9.17, 15) is 18.6 Å². The number of aromatic hydroxyl groups is 1. The lowest BCUT2D eigenvalue weighted by atomic mass is 9.91. The molecule has 4 aliphatic rings. The van der Waals surface area contributed by atoms with E-state index in [-0.39, 0.29) is 30.0 Å². The number of piperazine rings is 1. The van der Waals surface area contributed by atoms with Gasteiger partial charge in [-0.2, -0.15) is 4.31 Å². The molecule has 0 spiro atoms. The highest BCUT2D eigenvalue weighted by Gasteiger charge is 2.43. The molecule has 2 bridgehead atoms. The molecule has 10 heteroatoms. The number of allylic oxidation sites excluding steroid dienone is 1. The van der Waals surface area contributed by atoms with Gasteiger partial charge < -0.3 is 19.8 Å². The normalized spacial score (nSPS) is 34.2. The second-order valence-electron chi connectivity index (χ2n) is 9.11. The second-order valence-corrected chi connectivity index (χ2v) is 12.6. The molecule has 4 heterocycles. The van der Waals surface area contributed by atoms with Crippen molar-refractivity contribution in [3.8, 4) is 5.75 Å². The van der Waals surface area contributed by atoms with Crippen LogP contribution in [0.2, 0.25) is 0 Å². The number of benzene rings is 1. The van der Waals surface area contributed by atoms with Crippen molar-refractivity contribution in [3.05, 3.63) is 35.7 Å². The minimum atomic E-state index is -3.39. The fourth-order valence-corrected chi connectivity index (χ4v) is 8.57. The van der Waals surface area contributed by atoms with E-state index in [2.05, 4.69) is 9.80 Å². The molecule has 8 nitrogen and oxygen atoms in total. The van der Waals surface area contributed by atoms with E-state index >= 15 is 0 Å². The molecule has 0 aliphatic carbocycles. The molecule has 32 heavy (non-hydrogen) atoms. The number of aliphatic hydroxyl groups is 1. The van der Waals surface area contributed by atoms with Crippen molar-refractivity contribution in [1.29, 1.82) is 0 Å². The third kappa shape index (κ3) is 4.41. The summed E-state index contributed by atoms with van der Waals surface area (Å²) in [4.78, 5) is 4.70. The molecule has 3 saturated heterocycles. The smallest absolute Gasteiger partial charge is 0.227 e. The van der Waals surface area contributed by atoms with Gasteiger partial charge in [-0.1, -0.05) is 6.08 Å². The van der Waals surface area contributed by atoms with Gasteiger partial charge in [0.15, 0.2) is 0 Å². The molecule has 1 aromatic carbocycles. The predicted molar refractivity (Wildman–Crippen MR) is 125 cm³/mol. The minimum Gasteiger partial charge on any atom is -0.508 e. The molecule has 3 fully saturated rings. The maximum Gasteiger partial charge on any atom is 0.227 e. The van der Waals surface area contributed by atoms with Gasteiger partial charge in [0.2, 0.25) is 10.0 Å². The molecule has 1 aromatic rings. The molecule has 0 aromatic heterocycles. The van der Waals surface area contributed by atoms with Crippen molar-refractivity contribution in [1.82, 2.24) is 9.21 Å². The van der Waals surface area contributed by atoms with Gasteiger partial charge in [-0.25, -0.2) is 8.42 Å². The van der Waals surface area contributed by atoms with Crippen molar-refractivity contribution < 1.29 is 23.4 Å². The first kappa shape index (κ1) is 22.5. The summed E-state index contributed by atoms with van der Waals surface area (Å²) in [6.07, 6.45) is 3.57. The molecule has 4 aliphatic heterocycles.